The number of carbonyl (C=O) groups excluding carboxylic acids is 9. The van der Waals surface area contributed by atoms with Gasteiger partial charge >= 0.3 is 0 Å². The second-order valence-electron chi connectivity index (χ2n) is 21.0. The lowest BCUT2D eigenvalue weighted by Gasteiger charge is -2.30. The smallest absolute Gasteiger partial charge is 0.270 e. The van der Waals surface area contributed by atoms with E-state index in [0.717, 1.165) is 63.0 Å². The molecule has 17 nitrogen and oxygen atoms in total. The third-order valence-electron chi connectivity index (χ3n) is 15.1. The monoisotopic (exact) mass is 1090 g/mol. The molecule has 0 spiro atoms. The third kappa shape index (κ3) is 15.7. The van der Waals surface area contributed by atoms with E-state index in [2.05, 4.69) is 38.1 Å². The molecule has 5 atom stereocenters. The molecule has 0 radical (unpaired) electrons. The van der Waals surface area contributed by atoms with Crippen molar-refractivity contribution < 1.29 is 51.9 Å². The van der Waals surface area contributed by atoms with Gasteiger partial charge in [0, 0.05) is 79.8 Å². The fourth-order valence-electron chi connectivity index (χ4n) is 10.6. The van der Waals surface area contributed by atoms with E-state index in [1.165, 1.54) is 34.1 Å². The zero-order valence-electron chi connectivity index (χ0n) is 45.1. The van der Waals surface area contributed by atoms with Crippen LogP contribution in [0.15, 0.2) is 72.8 Å². The molecule has 8 amide bonds. The maximum absolute atomic E-state index is 14.2. The van der Waals surface area contributed by atoms with Gasteiger partial charge in [-0.2, -0.15) is 0 Å². The first-order chi connectivity index (χ1) is 37.9. The predicted octanol–water partition coefficient (Wildman–Crippen LogP) is 7.10. The first-order valence-corrected chi connectivity index (χ1v) is 27.7. The van der Waals surface area contributed by atoms with Crippen LogP contribution in [0.25, 0.3) is 10.9 Å². The van der Waals surface area contributed by atoms with Crippen molar-refractivity contribution in [2.75, 3.05) is 13.1 Å². The number of likely N-dealkylation sites (tertiary alicyclic amines) is 1. The van der Waals surface area contributed by atoms with Crippen molar-refractivity contribution >= 4 is 63.9 Å². The van der Waals surface area contributed by atoms with Crippen molar-refractivity contribution in [3.05, 3.63) is 106 Å². The van der Waals surface area contributed by atoms with Gasteiger partial charge in [-0.3, -0.25) is 48.5 Å². The lowest BCUT2D eigenvalue weighted by Crippen LogP contribution is -2.55. The number of unbranched alkanes of at least 4 members (excludes halogenated alkanes) is 8. The molecule has 3 aromatic carbocycles. The summed E-state index contributed by atoms with van der Waals surface area (Å²) in [5, 5.41) is 11.3. The number of aromatic nitrogens is 1. The molecule has 7 N–H and O–H groups in total. The van der Waals surface area contributed by atoms with Crippen molar-refractivity contribution in [3.8, 4) is 11.8 Å². The summed E-state index contributed by atoms with van der Waals surface area (Å²) in [6.07, 6.45) is 9.36. The molecule has 3 aliphatic rings. The number of ketones is 1. The van der Waals surface area contributed by atoms with E-state index in [1.807, 2.05) is 13.0 Å². The summed E-state index contributed by atoms with van der Waals surface area (Å²) in [5.41, 5.74) is 8.56. The van der Waals surface area contributed by atoms with E-state index < -0.39 is 71.3 Å². The number of primary amides is 1. The highest BCUT2D eigenvalue weighted by Gasteiger charge is 2.41. The Morgan fingerprint density at radius 1 is 0.848 bits per heavy atom. The Kier molecular flexibility index (Phi) is 20.7. The number of H-pyrrole nitrogens is 1. The number of aromatic amines is 1. The largest absolute Gasteiger partial charge is 0.370 e. The molecule has 0 aliphatic carbocycles. The number of carbonyl (C=O) groups is 9. The van der Waals surface area contributed by atoms with Crippen LogP contribution in [-0.2, 0) is 46.0 Å². The quantitative estimate of drug-likeness (QED) is 0.0202. The molecule has 1 unspecified atom stereocenters. The Morgan fingerprint density at radius 2 is 1.59 bits per heavy atom. The first kappa shape index (κ1) is 58.9. The number of imide groups is 1. The molecule has 7 rings (SSSR count). The number of hydrogen-bond donors (Lipinski definition) is 6. The highest BCUT2D eigenvalue weighted by Crippen LogP contribution is 2.32. The van der Waals surface area contributed by atoms with E-state index in [0.29, 0.717) is 60.7 Å². The number of piperidine rings is 1. The summed E-state index contributed by atoms with van der Waals surface area (Å²) in [6.45, 7) is 3.60. The van der Waals surface area contributed by atoms with Crippen LogP contribution >= 0.6 is 0 Å². The van der Waals surface area contributed by atoms with Crippen LogP contribution in [0.2, 0.25) is 0 Å². The summed E-state index contributed by atoms with van der Waals surface area (Å²) < 4.78 is 28.1. The number of nitrogens with one attached hydrogen (secondary N) is 5. The topological polar surface area (TPSA) is 250 Å². The summed E-state index contributed by atoms with van der Waals surface area (Å²) in [4.78, 5) is 125. The molecular weight excluding hydrogens is 1010 g/mol. The van der Waals surface area contributed by atoms with Crippen molar-refractivity contribution in [2.24, 2.45) is 5.73 Å². The number of Topliss-reactive ketones (excluding diaryl/α,β-unsaturated/α-hetero) is 1. The number of alkyl halides is 2. The van der Waals surface area contributed by atoms with Gasteiger partial charge in [0.15, 0.2) is 5.78 Å². The number of rotatable bonds is 27. The fraction of sp³-hybridized carbons (Fsp3) is 0.483. The normalized spacial score (nSPS) is 17.3. The van der Waals surface area contributed by atoms with E-state index in [9.17, 15) is 51.9 Å². The summed E-state index contributed by atoms with van der Waals surface area (Å²) in [7, 11) is 0. The summed E-state index contributed by atoms with van der Waals surface area (Å²) in [6, 6.07) is 15.9. The Morgan fingerprint density at radius 3 is 2.32 bits per heavy atom. The second-order valence-corrected chi connectivity index (χ2v) is 21.0. The van der Waals surface area contributed by atoms with E-state index in [-0.39, 0.29) is 80.6 Å². The van der Waals surface area contributed by atoms with Crippen molar-refractivity contribution in [1.82, 2.24) is 36.1 Å². The Labute approximate surface area is 459 Å². The van der Waals surface area contributed by atoms with Crippen LogP contribution in [0.3, 0.4) is 0 Å². The third-order valence-corrected chi connectivity index (χ3v) is 15.1. The highest BCUT2D eigenvalue weighted by molar-refractivity contribution is 6.06. The average Bonchev–Trinajstić information content (AvgIpc) is 4.25. The first-order valence-electron chi connectivity index (χ1n) is 27.7. The van der Waals surface area contributed by atoms with E-state index in [1.54, 1.807) is 42.5 Å². The Balaban J connectivity index is 0.870. The van der Waals surface area contributed by atoms with Gasteiger partial charge in [-0.1, -0.05) is 106 Å². The summed E-state index contributed by atoms with van der Waals surface area (Å²) >= 11 is 0. The molecule has 3 aliphatic heterocycles. The molecule has 4 heterocycles. The van der Waals surface area contributed by atoms with Gasteiger partial charge < -0.3 is 36.5 Å². The number of halogens is 2. The molecule has 0 bridgehead atoms. The number of nitrogens with two attached hydrogens (primary N) is 1. The molecule has 1 aromatic heterocycles. The maximum atomic E-state index is 14.2. The van der Waals surface area contributed by atoms with Crippen LogP contribution in [0.1, 0.15) is 178 Å². The SMILES string of the molecule is CCCC[C@H](NC(=O)c1cc2cc(C(C)(F)F)ccc2[nH]1)C(=O)N1CCC[C@H]1C(=O)N[C@@H](CCC(N)=O)C(=O)C[C@H](C(=O)NCCCCCCCCCC#Cc1cccc2c1CN(C1CCC(=O)NC1=O)C2=O)c1ccccc1. The van der Waals surface area contributed by atoms with Crippen LogP contribution < -0.4 is 27.0 Å². The molecule has 2 saturated heterocycles. The standard InChI is InChI=1S/C60H72F2N8O9/c1-3-4-24-47(67-55(75)48-35-40-34-41(60(2,61)62)26-27-45(40)65-48)59(79)69-33-18-25-49(69)56(76)66-46(28-30-52(63)72)51(71)36-43(38-19-14-12-15-20-38)54(74)64-32-16-11-9-7-5-6-8-10-13-21-39-22-17-23-42-44(39)37-70(58(42)78)50-29-31-53(73)68-57(50)77/h12,14-15,17,19-20,22-23,26-27,34-35,43,46-47,49-50,65H,3-11,16,18,24-25,28-33,36-37H2,1-2H3,(H2,63,72)(H,64,74)(H,66,76)(H,67,75)(H,68,73,77)/t43-,46-,47-,49-,50?/m0/s1. The molecule has 2 fully saturated rings. The number of amides is 8. The van der Waals surface area contributed by atoms with Gasteiger partial charge in [0.05, 0.1) is 12.0 Å². The molecule has 4 aromatic rings. The summed E-state index contributed by atoms with van der Waals surface area (Å²) in [5.74, 6) is -1.76. The number of hydrogen-bond acceptors (Lipinski definition) is 9. The lowest BCUT2D eigenvalue weighted by atomic mass is 9.89. The van der Waals surface area contributed by atoms with Crippen molar-refractivity contribution in [2.45, 2.75) is 172 Å². The van der Waals surface area contributed by atoms with Crippen LogP contribution in [0, 0.1) is 11.8 Å². The fourth-order valence-corrected chi connectivity index (χ4v) is 10.6. The van der Waals surface area contributed by atoms with Gasteiger partial charge in [0.25, 0.3) is 17.7 Å². The number of nitrogens with zero attached hydrogens (tertiary/aromatic N) is 2. The van der Waals surface area contributed by atoms with Crippen LogP contribution in [-0.4, -0.2) is 105 Å². The molecule has 79 heavy (non-hydrogen) atoms. The predicted molar refractivity (Wildman–Crippen MR) is 292 cm³/mol. The minimum Gasteiger partial charge on any atom is -0.370 e. The minimum atomic E-state index is -3.08. The van der Waals surface area contributed by atoms with E-state index in [4.69, 9.17) is 5.73 Å². The van der Waals surface area contributed by atoms with Gasteiger partial charge in [0.1, 0.15) is 23.8 Å². The molecular formula is C60H72F2N8O9. The van der Waals surface area contributed by atoms with Gasteiger partial charge in [-0.15, -0.1) is 0 Å². The zero-order chi connectivity index (χ0) is 56.6. The van der Waals surface area contributed by atoms with Crippen LogP contribution in [0.4, 0.5) is 8.78 Å². The Hall–Kier alpha value is -7.75. The van der Waals surface area contributed by atoms with E-state index >= 15 is 0 Å². The zero-order valence-corrected chi connectivity index (χ0v) is 45.1. The minimum absolute atomic E-state index is 0.0771. The molecule has 420 valence electrons. The lowest BCUT2D eigenvalue weighted by molar-refractivity contribution is -0.141. The van der Waals surface area contributed by atoms with Crippen molar-refractivity contribution in [3.63, 3.8) is 0 Å². The number of fused-ring (bicyclic) bond motifs is 2. The van der Waals surface area contributed by atoms with Crippen molar-refractivity contribution in [1.29, 1.82) is 0 Å². The van der Waals surface area contributed by atoms with Gasteiger partial charge in [0.2, 0.25) is 35.4 Å². The maximum Gasteiger partial charge on any atom is 0.270 e. The molecule has 19 heteroatoms. The number of benzene rings is 3. The molecule has 0 saturated carbocycles. The average molecular weight is 1090 g/mol. The van der Waals surface area contributed by atoms with Crippen LogP contribution in [0.5, 0.6) is 0 Å². The second kappa shape index (κ2) is 27.7. The van der Waals surface area contributed by atoms with Gasteiger partial charge in [-0.05, 0) is 86.4 Å². The Bertz CT molecular complexity index is 2960. The highest BCUT2D eigenvalue weighted by atomic mass is 19.3. The van der Waals surface area contributed by atoms with Gasteiger partial charge in [-0.25, -0.2) is 8.78 Å².